The van der Waals surface area contributed by atoms with Crippen molar-refractivity contribution in [2.75, 3.05) is 44.6 Å². The van der Waals surface area contributed by atoms with Crippen LogP contribution in [0.2, 0.25) is 10.0 Å². The number of carbonyl (C=O) groups excluding carboxylic acids is 1. The topological polar surface area (TPSA) is 107 Å². The summed E-state index contributed by atoms with van der Waals surface area (Å²) < 4.78 is 16.3. The Kier molecular flexibility index (Phi) is 8.58. The minimum absolute atomic E-state index is 0.0761. The molecule has 0 radical (unpaired) electrons. The van der Waals surface area contributed by atoms with Crippen LogP contribution in [0.1, 0.15) is 11.1 Å². The highest BCUT2D eigenvalue weighted by atomic mass is 35.5. The van der Waals surface area contributed by atoms with E-state index in [1.807, 2.05) is 31.2 Å². The highest BCUT2D eigenvalue weighted by Crippen LogP contribution is 2.46. The van der Waals surface area contributed by atoms with Gasteiger partial charge >= 0.3 is 0 Å². The molecule has 0 saturated carbocycles. The second kappa shape index (κ2) is 12.3. The molecule has 1 aliphatic heterocycles. The fourth-order valence-corrected chi connectivity index (χ4v) is 5.23. The van der Waals surface area contributed by atoms with Crippen LogP contribution < -0.4 is 20.1 Å². The standard InChI is InChI=1S/C30H29Cl2N5O4/c1-5-20(38)9-18-8-6-7-16(2)27(18)36-30-34-13-19-10-21(24-25(31)22(39-3)11-23(40-4)26(24)32)35-29(28(19)37-30)33-12-17-14-41-15-17/h5-8,10-11,13,17H,1,9,12,14-15H2,2-4H3,(H,33,35)(H,34,36,37). The number of carbonyl (C=O) groups is 1. The zero-order valence-corrected chi connectivity index (χ0v) is 24.4. The van der Waals surface area contributed by atoms with Crippen LogP contribution in [-0.4, -0.2) is 54.7 Å². The molecule has 9 nitrogen and oxygen atoms in total. The minimum atomic E-state index is -0.0761. The maximum atomic E-state index is 12.1. The molecule has 0 amide bonds. The Bertz CT molecular complexity index is 1610. The monoisotopic (exact) mass is 593 g/mol. The van der Waals surface area contributed by atoms with Crippen LogP contribution in [0.4, 0.5) is 17.5 Å². The number of para-hydroxylation sites is 1. The molecular weight excluding hydrogens is 565 g/mol. The quantitative estimate of drug-likeness (QED) is 0.190. The van der Waals surface area contributed by atoms with Gasteiger partial charge in [-0.25, -0.2) is 15.0 Å². The van der Waals surface area contributed by atoms with Crippen molar-refractivity contribution in [3.8, 4) is 22.8 Å². The van der Waals surface area contributed by atoms with Crippen molar-refractivity contribution >= 4 is 57.3 Å². The number of benzene rings is 2. The number of ether oxygens (including phenoxy) is 3. The molecule has 0 spiro atoms. The maximum absolute atomic E-state index is 12.1. The lowest BCUT2D eigenvalue weighted by atomic mass is 10.0. The first kappa shape index (κ1) is 28.6. The van der Waals surface area contributed by atoms with E-state index >= 15 is 0 Å². The van der Waals surface area contributed by atoms with E-state index in [0.717, 1.165) is 16.8 Å². The molecule has 0 unspecified atom stereocenters. The number of aromatic nitrogens is 3. The largest absolute Gasteiger partial charge is 0.495 e. The van der Waals surface area contributed by atoms with Crippen molar-refractivity contribution < 1.29 is 19.0 Å². The van der Waals surface area contributed by atoms with Crippen LogP contribution in [0.25, 0.3) is 22.2 Å². The van der Waals surface area contributed by atoms with Gasteiger partial charge in [0.25, 0.3) is 0 Å². The molecule has 5 rings (SSSR count). The van der Waals surface area contributed by atoms with Gasteiger partial charge in [-0.15, -0.1) is 0 Å². The van der Waals surface area contributed by atoms with E-state index < -0.39 is 0 Å². The number of halogens is 2. The highest BCUT2D eigenvalue weighted by Gasteiger charge is 2.23. The zero-order chi connectivity index (χ0) is 29.1. The molecule has 1 fully saturated rings. The Balaban J connectivity index is 1.61. The second-order valence-corrected chi connectivity index (χ2v) is 10.4. The van der Waals surface area contributed by atoms with Gasteiger partial charge in [-0.1, -0.05) is 48.0 Å². The zero-order valence-electron chi connectivity index (χ0n) is 22.9. The normalized spacial score (nSPS) is 13.0. The summed E-state index contributed by atoms with van der Waals surface area (Å²) in [7, 11) is 3.05. The molecule has 212 valence electrons. The van der Waals surface area contributed by atoms with Crippen molar-refractivity contribution in [1.82, 2.24) is 15.0 Å². The molecule has 3 heterocycles. The van der Waals surface area contributed by atoms with Crippen LogP contribution >= 0.6 is 23.2 Å². The number of hydrogen-bond donors (Lipinski definition) is 2. The maximum Gasteiger partial charge on any atom is 0.227 e. The number of pyridine rings is 1. The molecule has 41 heavy (non-hydrogen) atoms. The van der Waals surface area contributed by atoms with Crippen molar-refractivity contribution in [3.05, 3.63) is 70.4 Å². The summed E-state index contributed by atoms with van der Waals surface area (Å²) >= 11 is 13.4. The van der Waals surface area contributed by atoms with Crippen molar-refractivity contribution in [3.63, 3.8) is 0 Å². The van der Waals surface area contributed by atoms with Crippen LogP contribution in [-0.2, 0) is 16.0 Å². The third-order valence-corrected chi connectivity index (χ3v) is 7.60. The number of rotatable bonds is 11. The SMILES string of the molecule is C=CC(=O)Cc1cccc(C)c1Nc1ncc2cc(-c3c(Cl)c(OC)cc(OC)c3Cl)nc(NCC3COC3)c2n1. The van der Waals surface area contributed by atoms with E-state index in [4.69, 9.17) is 47.4 Å². The predicted molar refractivity (Wildman–Crippen MR) is 162 cm³/mol. The van der Waals surface area contributed by atoms with E-state index in [-0.39, 0.29) is 12.2 Å². The fraction of sp³-hybridized carbons (Fsp3) is 0.267. The summed E-state index contributed by atoms with van der Waals surface area (Å²) in [6, 6.07) is 9.23. The second-order valence-electron chi connectivity index (χ2n) is 9.64. The van der Waals surface area contributed by atoms with Crippen molar-refractivity contribution in [1.29, 1.82) is 0 Å². The van der Waals surface area contributed by atoms with Gasteiger partial charge in [0.15, 0.2) is 11.6 Å². The number of anilines is 3. The van der Waals surface area contributed by atoms with Gasteiger partial charge in [0.05, 0.1) is 43.2 Å². The number of nitrogens with one attached hydrogen (secondary N) is 2. The number of allylic oxidation sites excluding steroid dienone is 1. The first-order valence-electron chi connectivity index (χ1n) is 12.9. The lowest BCUT2D eigenvalue weighted by molar-refractivity contribution is -0.114. The summed E-state index contributed by atoms with van der Waals surface area (Å²) in [5.74, 6) is 2.00. The summed E-state index contributed by atoms with van der Waals surface area (Å²) in [5.41, 5.74) is 4.13. The van der Waals surface area contributed by atoms with Gasteiger partial charge in [-0.2, -0.15) is 0 Å². The lowest BCUT2D eigenvalue weighted by Crippen LogP contribution is -2.33. The highest BCUT2D eigenvalue weighted by molar-refractivity contribution is 6.41. The van der Waals surface area contributed by atoms with E-state index in [2.05, 4.69) is 22.2 Å². The van der Waals surface area contributed by atoms with Gasteiger partial charge in [0.2, 0.25) is 5.95 Å². The number of hydrogen-bond acceptors (Lipinski definition) is 9. The predicted octanol–water partition coefficient (Wildman–Crippen LogP) is 6.42. The van der Waals surface area contributed by atoms with Crippen LogP contribution in [0.15, 0.2) is 49.2 Å². The summed E-state index contributed by atoms with van der Waals surface area (Å²) in [6.45, 7) is 7.55. The first-order chi connectivity index (χ1) is 19.8. The summed E-state index contributed by atoms with van der Waals surface area (Å²) in [5, 5.41) is 8.08. The molecule has 11 heteroatoms. The molecule has 2 aromatic heterocycles. The number of fused-ring (bicyclic) bond motifs is 1. The number of methoxy groups -OCH3 is 2. The lowest BCUT2D eigenvalue weighted by Gasteiger charge is -2.26. The molecule has 2 aromatic carbocycles. The minimum Gasteiger partial charge on any atom is -0.495 e. The van der Waals surface area contributed by atoms with Gasteiger partial charge in [-0.05, 0) is 30.2 Å². The molecule has 0 atom stereocenters. The number of nitrogens with zero attached hydrogens (tertiary/aromatic N) is 3. The Labute approximate surface area is 247 Å². The molecule has 1 aliphatic rings. The Morgan fingerprint density at radius 1 is 1.15 bits per heavy atom. The molecular formula is C30H29Cl2N5O4. The molecule has 4 aromatic rings. The van der Waals surface area contributed by atoms with Gasteiger partial charge in [0, 0.05) is 47.8 Å². The molecule has 2 N–H and O–H groups in total. The summed E-state index contributed by atoms with van der Waals surface area (Å²) in [6.07, 6.45) is 3.25. The van der Waals surface area contributed by atoms with Crippen molar-refractivity contribution in [2.45, 2.75) is 13.3 Å². The molecule has 0 bridgehead atoms. The Morgan fingerprint density at radius 3 is 2.51 bits per heavy atom. The van der Waals surface area contributed by atoms with Crippen LogP contribution in [0.3, 0.4) is 0 Å². The Morgan fingerprint density at radius 2 is 1.88 bits per heavy atom. The van der Waals surface area contributed by atoms with E-state index in [0.29, 0.717) is 81.1 Å². The average molecular weight is 594 g/mol. The fourth-order valence-electron chi connectivity index (χ4n) is 4.53. The number of aryl methyl sites for hydroxylation is 1. The Hall–Kier alpha value is -3.92. The van der Waals surface area contributed by atoms with E-state index in [9.17, 15) is 4.79 Å². The van der Waals surface area contributed by atoms with Gasteiger partial charge in [0.1, 0.15) is 17.0 Å². The third kappa shape index (κ3) is 5.93. The van der Waals surface area contributed by atoms with Crippen LogP contribution in [0.5, 0.6) is 11.5 Å². The third-order valence-electron chi connectivity index (χ3n) is 6.85. The average Bonchev–Trinajstić information content (AvgIpc) is 2.94. The summed E-state index contributed by atoms with van der Waals surface area (Å²) in [4.78, 5) is 26.4. The molecule has 1 saturated heterocycles. The van der Waals surface area contributed by atoms with E-state index in [1.54, 1.807) is 12.3 Å². The smallest absolute Gasteiger partial charge is 0.227 e. The van der Waals surface area contributed by atoms with Gasteiger partial charge in [-0.3, -0.25) is 4.79 Å². The molecule has 0 aliphatic carbocycles. The first-order valence-corrected chi connectivity index (χ1v) is 13.7. The van der Waals surface area contributed by atoms with Crippen LogP contribution in [0, 0.1) is 12.8 Å². The van der Waals surface area contributed by atoms with Crippen molar-refractivity contribution in [2.24, 2.45) is 5.92 Å². The number of ketones is 1. The van der Waals surface area contributed by atoms with E-state index in [1.165, 1.54) is 20.3 Å². The van der Waals surface area contributed by atoms with Gasteiger partial charge < -0.3 is 24.8 Å².